The smallest absolute Gasteiger partial charge is 0.387 e. The van der Waals surface area contributed by atoms with E-state index in [1.54, 1.807) is 11.0 Å². The Morgan fingerprint density at radius 2 is 2.21 bits per heavy atom. The summed E-state index contributed by atoms with van der Waals surface area (Å²) in [6, 6.07) is 5.95. The van der Waals surface area contributed by atoms with E-state index in [9.17, 15) is 13.6 Å². The molecule has 0 radical (unpaired) electrons. The van der Waals surface area contributed by atoms with E-state index in [0.717, 1.165) is 6.42 Å². The molecule has 1 aromatic carbocycles. The third kappa shape index (κ3) is 3.20. The van der Waals surface area contributed by atoms with Crippen LogP contribution < -0.4 is 4.74 Å². The number of alkyl halides is 2. The van der Waals surface area contributed by atoms with E-state index in [1.807, 2.05) is 0 Å². The summed E-state index contributed by atoms with van der Waals surface area (Å²) in [5.41, 5.74) is 0.126. The van der Waals surface area contributed by atoms with E-state index >= 15 is 0 Å². The molecule has 0 spiro atoms. The second kappa shape index (κ2) is 5.97. The van der Waals surface area contributed by atoms with Gasteiger partial charge in [0.05, 0.1) is 5.56 Å². The van der Waals surface area contributed by atoms with Gasteiger partial charge in [-0.15, -0.1) is 0 Å². The normalized spacial score (nSPS) is 18.9. The van der Waals surface area contributed by atoms with Gasteiger partial charge in [0.25, 0.3) is 5.91 Å². The van der Waals surface area contributed by atoms with Gasteiger partial charge in [-0.1, -0.05) is 12.1 Å². The standard InChI is InChI=1S/C13H15F2NO3/c14-13(15)19-11-4-2-1-3-10(11)12(18)16-6-5-9(7-16)8-17/h1-4,9,13,17H,5-8H2. The van der Waals surface area contributed by atoms with Gasteiger partial charge >= 0.3 is 6.61 Å². The number of benzene rings is 1. The third-order valence-electron chi connectivity index (χ3n) is 3.16. The summed E-state index contributed by atoms with van der Waals surface area (Å²) in [4.78, 5) is 13.8. The molecule has 1 atom stereocenters. The number of carbonyl (C=O) groups excluding carboxylic acids is 1. The van der Waals surface area contributed by atoms with Crippen LogP contribution in [-0.2, 0) is 0 Å². The molecular weight excluding hydrogens is 256 g/mol. The van der Waals surface area contributed by atoms with E-state index < -0.39 is 6.61 Å². The summed E-state index contributed by atoms with van der Waals surface area (Å²) in [7, 11) is 0. The molecule has 1 heterocycles. The molecule has 1 aliphatic heterocycles. The van der Waals surface area contributed by atoms with Crippen molar-refractivity contribution in [1.29, 1.82) is 0 Å². The van der Waals surface area contributed by atoms with Crippen LogP contribution in [0, 0.1) is 5.92 Å². The Bertz CT molecular complexity index is 453. The molecule has 6 heteroatoms. The zero-order valence-corrected chi connectivity index (χ0v) is 10.3. The summed E-state index contributed by atoms with van der Waals surface area (Å²) >= 11 is 0. The first kappa shape index (κ1) is 13.7. The van der Waals surface area contributed by atoms with Gasteiger partial charge in [0.2, 0.25) is 0 Å². The van der Waals surface area contributed by atoms with Gasteiger partial charge in [0.1, 0.15) is 5.75 Å². The quantitative estimate of drug-likeness (QED) is 0.907. The molecule has 104 valence electrons. The number of hydrogen-bond acceptors (Lipinski definition) is 3. The first-order chi connectivity index (χ1) is 9.11. The van der Waals surface area contributed by atoms with Gasteiger partial charge < -0.3 is 14.7 Å². The lowest BCUT2D eigenvalue weighted by atomic mass is 10.1. The van der Waals surface area contributed by atoms with Crippen molar-refractivity contribution in [2.45, 2.75) is 13.0 Å². The molecule has 1 fully saturated rings. The van der Waals surface area contributed by atoms with Crippen molar-refractivity contribution in [2.24, 2.45) is 5.92 Å². The van der Waals surface area contributed by atoms with Gasteiger partial charge in [-0.2, -0.15) is 8.78 Å². The van der Waals surface area contributed by atoms with Gasteiger partial charge in [-0.05, 0) is 18.6 Å². The van der Waals surface area contributed by atoms with Crippen molar-refractivity contribution >= 4 is 5.91 Å². The van der Waals surface area contributed by atoms with Gasteiger partial charge in [-0.25, -0.2) is 0 Å². The molecular formula is C13H15F2NO3. The van der Waals surface area contributed by atoms with Gasteiger partial charge in [0, 0.05) is 25.6 Å². The number of aliphatic hydroxyl groups excluding tert-OH is 1. The van der Waals surface area contributed by atoms with E-state index in [-0.39, 0.29) is 29.7 Å². The molecule has 1 N–H and O–H groups in total. The molecule has 1 amide bonds. The van der Waals surface area contributed by atoms with Crippen molar-refractivity contribution in [2.75, 3.05) is 19.7 Å². The van der Waals surface area contributed by atoms with Gasteiger partial charge in [-0.3, -0.25) is 4.79 Å². The molecule has 0 saturated carbocycles. The van der Waals surface area contributed by atoms with Crippen LogP contribution in [0.4, 0.5) is 8.78 Å². The summed E-state index contributed by atoms with van der Waals surface area (Å²) in [5.74, 6) is -0.394. The number of aliphatic hydroxyl groups is 1. The molecule has 0 bridgehead atoms. The fourth-order valence-corrected chi connectivity index (χ4v) is 2.18. The van der Waals surface area contributed by atoms with Crippen LogP contribution >= 0.6 is 0 Å². The minimum Gasteiger partial charge on any atom is -0.434 e. The van der Waals surface area contributed by atoms with Crippen molar-refractivity contribution in [1.82, 2.24) is 4.90 Å². The maximum Gasteiger partial charge on any atom is 0.387 e. The summed E-state index contributed by atoms with van der Waals surface area (Å²) in [6.45, 7) is -1.97. The zero-order valence-electron chi connectivity index (χ0n) is 10.3. The number of carbonyl (C=O) groups is 1. The summed E-state index contributed by atoms with van der Waals surface area (Å²) in [6.07, 6.45) is 0.722. The second-order valence-electron chi connectivity index (χ2n) is 4.46. The van der Waals surface area contributed by atoms with Crippen molar-refractivity contribution in [3.63, 3.8) is 0 Å². The zero-order chi connectivity index (χ0) is 13.8. The maximum absolute atomic E-state index is 12.3. The highest BCUT2D eigenvalue weighted by Crippen LogP contribution is 2.25. The van der Waals surface area contributed by atoms with E-state index in [4.69, 9.17) is 5.11 Å². The number of nitrogens with zero attached hydrogens (tertiary/aromatic N) is 1. The van der Waals surface area contributed by atoms with E-state index in [0.29, 0.717) is 13.1 Å². The lowest BCUT2D eigenvalue weighted by Gasteiger charge is -2.18. The van der Waals surface area contributed by atoms with Crippen LogP contribution in [0.15, 0.2) is 24.3 Å². The molecule has 1 saturated heterocycles. The Labute approximate surface area is 109 Å². The van der Waals surface area contributed by atoms with Crippen molar-refractivity contribution in [3.05, 3.63) is 29.8 Å². The second-order valence-corrected chi connectivity index (χ2v) is 4.46. The topological polar surface area (TPSA) is 49.8 Å². The van der Waals surface area contributed by atoms with E-state index in [1.165, 1.54) is 18.2 Å². The molecule has 1 aromatic rings. The summed E-state index contributed by atoms with van der Waals surface area (Å²) in [5, 5.41) is 9.05. The summed E-state index contributed by atoms with van der Waals surface area (Å²) < 4.78 is 28.9. The van der Waals surface area contributed by atoms with E-state index in [2.05, 4.69) is 4.74 Å². The SMILES string of the molecule is O=C(c1ccccc1OC(F)F)N1CCC(CO)C1. The van der Waals surface area contributed by atoms with Crippen LogP contribution in [0.25, 0.3) is 0 Å². The van der Waals surface area contributed by atoms with Gasteiger partial charge in [0.15, 0.2) is 0 Å². The van der Waals surface area contributed by atoms with Crippen LogP contribution in [0.3, 0.4) is 0 Å². The molecule has 0 aromatic heterocycles. The molecule has 4 nitrogen and oxygen atoms in total. The first-order valence-electron chi connectivity index (χ1n) is 6.05. The maximum atomic E-state index is 12.3. The Kier molecular flexibility index (Phi) is 4.31. The number of likely N-dealkylation sites (tertiary alicyclic amines) is 1. The highest BCUT2D eigenvalue weighted by Gasteiger charge is 2.28. The lowest BCUT2D eigenvalue weighted by molar-refractivity contribution is -0.0502. The number of halogens is 2. The average Bonchev–Trinajstić information content (AvgIpc) is 2.86. The molecule has 2 rings (SSSR count). The largest absolute Gasteiger partial charge is 0.434 e. The Balaban J connectivity index is 2.15. The molecule has 1 aliphatic rings. The third-order valence-corrected chi connectivity index (χ3v) is 3.16. The van der Waals surface area contributed by atoms with Crippen LogP contribution in [-0.4, -0.2) is 42.2 Å². The number of rotatable bonds is 4. The number of hydrogen-bond donors (Lipinski definition) is 1. The first-order valence-corrected chi connectivity index (χ1v) is 6.05. The lowest BCUT2D eigenvalue weighted by Crippen LogP contribution is -2.29. The molecule has 0 aliphatic carbocycles. The predicted octanol–water partition coefficient (Wildman–Crippen LogP) is 1.74. The average molecular weight is 271 g/mol. The van der Waals surface area contributed by atoms with Crippen molar-refractivity contribution in [3.8, 4) is 5.75 Å². The van der Waals surface area contributed by atoms with Crippen LogP contribution in [0.5, 0.6) is 5.75 Å². The predicted molar refractivity (Wildman–Crippen MR) is 64.2 cm³/mol. The monoisotopic (exact) mass is 271 g/mol. The fraction of sp³-hybridized carbons (Fsp3) is 0.462. The Hall–Kier alpha value is -1.69. The highest BCUT2D eigenvalue weighted by atomic mass is 19.3. The highest BCUT2D eigenvalue weighted by molar-refractivity contribution is 5.97. The number of para-hydroxylation sites is 1. The Morgan fingerprint density at radius 3 is 2.84 bits per heavy atom. The van der Waals surface area contributed by atoms with Crippen LogP contribution in [0.2, 0.25) is 0 Å². The molecule has 19 heavy (non-hydrogen) atoms. The minimum absolute atomic E-state index is 0.0267. The Morgan fingerprint density at radius 1 is 1.47 bits per heavy atom. The fourth-order valence-electron chi connectivity index (χ4n) is 2.18. The number of amides is 1. The molecule has 1 unspecified atom stereocenters. The van der Waals surface area contributed by atoms with Crippen molar-refractivity contribution < 1.29 is 23.4 Å². The van der Waals surface area contributed by atoms with Crippen LogP contribution in [0.1, 0.15) is 16.8 Å². The number of ether oxygens (including phenoxy) is 1. The minimum atomic E-state index is -2.96.